The molecule has 294 valence electrons. The van der Waals surface area contributed by atoms with Crippen molar-refractivity contribution >= 4 is 41.4 Å². The number of nitrogens with one attached hydrogen (secondary N) is 4. The number of phenols is 1. The number of benzene rings is 1. The van der Waals surface area contributed by atoms with Gasteiger partial charge in [0.05, 0.1) is 18.8 Å². The van der Waals surface area contributed by atoms with Crippen molar-refractivity contribution in [2.24, 2.45) is 11.7 Å². The molecule has 9 atom stereocenters. The van der Waals surface area contributed by atoms with Crippen LogP contribution < -0.4 is 27.0 Å². The number of aliphatic hydroxyl groups excluding tert-OH is 2. The first kappa shape index (κ1) is 42.6. The number of rotatable bonds is 17. The number of nitrogens with two attached hydrogens (primary N) is 1. The fraction of sp³-hybridized carbons (Fsp3) is 0.629. The van der Waals surface area contributed by atoms with Gasteiger partial charge in [0, 0.05) is 19.5 Å². The van der Waals surface area contributed by atoms with Crippen molar-refractivity contribution in [3.8, 4) is 5.75 Å². The number of amides is 6. The lowest BCUT2D eigenvalue weighted by Gasteiger charge is -2.32. The molecular weight excluding hydrogens is 694 g/mol. The molecule has 0 aromatic heterocycles. The second kappa shape index (κ2) is 19.3. The molecule has 18 heteroatoms. The van der Waals surface area contributed by atoms with Crippen molar-refractivity contribution in [2.45, 2.75) is 115 Å². The van der Waals surface area contributed by atoms with Crippen LogP contribution in [0, 0.1) is 5.92 Å². The molecule has 2 aliphatic rings. The third-order valence-electron chi connectivity index (χ3n) is 9.72. The maximum Gasteiger partial charge on any atom is 0.326 e. The van der Waals surface area contributed by atoms with Crippen LogP contribution >= 0.6 is 0 Å². The molecule has 2 heterocycles. The number of hydrogen-bond donors (Lipinski definition) is 9. The zero-order valence-electron chi connectivity index (χ0n) is 30.5. The van der Waals surface area contributed by atoms with E-state index in [2.05, 4.69) is 21.3 Å². The maximum absolute atomic E-state index is 13.9. The molecule has 1 aromatic carbocycles. The summed E-state index contributed by atoms with van der Waals surface area (Å²) in [5.41, 5.74) is 6.08. The van der Waals surface area contributed by atoms with Crippen molar-refractivity contribution in [1.29, 1.82) is 0 Å². The molecule has 2 aliphatic heterocycles. The Morgan fingerprint density at radius 2 is 1.36 bits per heavy atom. The van der Waals surface area contributed by atoms with Crippen LogP contribution in [-0.4, -0.2) is 140 Å². The molecule has 0 aliphatic carbocycles. The molecule has 3 rings (SSSR count). The number of likely N-dealkylation sites (tertiary alicyclic amines) is 2. The summed E-state index contributed by atoms with van der Waals surface area (Å²) in [5, 5.41) is 50.0. The van der Waals surface area contributed by atoms with Crippen molar-refractivity contribution in [2.75, 3.05) is 19.7 Å². The SMILES string of the molecule is CC[C@H](C)[C@H](NC(=O)[C@@H](NC(=O)[C@H](Cc1ccc(O)cc1)NC(=O)[C@@H]1CCCN1C(=O)[C@H](CO)NC(=O)[C@H](C)N)[C@@H](C)O)C(=O)N1CCC[C@H]1C(=O)O. The van der Waals surface area contributed by atoms with Gasteiger partial charge in [-0.2, -0.15) is 0 Å². The van der Waals surface area contributed by atoms with Gasteiger partial charge in [0.1, 0.15) is 42.0 Å². The summed E-state index contributed by atoms with van der Waals surface area (Å²) in [4.78, 5) is 94.6. The number of carbonyl (C=O) groups excluding carboxylic acids is 6. The zero-order chi connectivity index (χ0) is 39.6. The number of carbonyl (C=O) groups is 7. The average Bonchev–Trinajstić information content (AvgIpc) is 3.82. The largest absolute Gasteiger partial charge is 0.508 e. The van der Waals surface area contributed by atoms with Crippen LogP contribution in [0.3, 0.4) is 0 Å². The van der Waals surface area contributed by atoms with E-state index in [9.17, 15) is 54.0 Å². The van der Waals surface area contributed by atoms with Crippen LogP contribution in [0.5, 0.6) is 5.75 Å². The first-order chi connectivity index (χ1) is 25.0. The predicted octanol–water partition coefficient (Wildman–Crippen LogP) is -2.29. The van der Waals surface area contributed by atoms with Crippen molar-refractivity contribution in [1.82, 2.24) is 31.1 Å². The molecule has 18 nitrogen and oxygen atoms in total. The predicted molar refractivity (Wildman–Crippen MR) is 189 cm³/mol. The van der Waals surface area contributed by atoms with Crippen molar-refractivity contribution < 1.29 is 54.0 Å². The number of carboxylic acid groups (broad SMARTS) is 1. The van der Waals surface area contributed by atoms with Gasteiger partial charge in [-0.1, -0.05) is 32.4 Å². The van der Waals surface area contributed by atoms with Crippen molar-refractivity contribution in [3.63, 3.8) is 0 Å². The first-order valence-electron chi connectivity index (χ1n) is 17.9. The van der Waals surface area contributed by atoms with Gasteiger partial charge in [0.25, 0.3) is 0 Å². The highest BCUT2D eigenvalue weighted by atomic mass is 16.4. The Bertz CT molecular complexity index is 1490. The fourth-order valence-electron chi connectivity index (χ4n) is 6.39. The highest BCUT2D eigenvalue weighted by Gasteiger charge is 2.42. The minimum absolute atomic E-state index is 0.0479. The number of nitrogens with zero attached hydrogens (tertiary/aromatic N) is 2. The lowest BCUT2D eigenvalue weighted by Crippen LogP contribution is -2.62. The lowest BCUT2D eigenvalue weighted by molar-refractivity contribution is -0.150. The summed E-state index contributed by atoms with van der Waals surface area (Å²) in [6.07, 6.45) is 0.158. The summed E-state index contributed by atoms with van der Waals surface area (Å²) in [5.74, 6) is -6.19. The highest BCUT2D eigenvalue weighted by molar-refractivity contribution is 5.97. The quantitative estimate of drug-likeness (QED) is 0.0815. The fourth-order valence-corrected chi connectivity index (χ4v) is 6.39. The van der Waals surface area contributed by atoms with E-state index in [0.717, 1.165) is 0 Å². The molecule has 0 saturated carbocycles. The summed E-state index contributed by atoms with van der Waals surface area (Å²) < 4.78 is 0. The molecule has 0 unspecified atom stereocenters. The van der Waals surface area contributed by atoms with E-state index in [0.29, 0.717) is 24.8 Å². The Kier molecular flexibility index (Phi) is 15.5. The standard InChI is InChI=1S/C35H53N7O11/c1-5-18(2)27(34(51)42-15-7-9-26(42)35(52)53)39-32(49)28(20(4)44)40-30(47)23(16-21-10-12-22(45)13-11-21)37-31(48)25-8-6-14-41(25)33(50)24(17-43)38-29(46)19(3)36/h10-13,18-20,23-28,43-45H,5-9,14-17,36H2,1-4H3,(H,37,48)(H,38,46)(H,39,49)(H,40,47)(H,52,53)/t18-,19-,20+,23-,24-,25-,26-,27-,28-/m0/s1. The number of aromatic hydroxyl groups is 1. The van der Waals surface area contributed by atoms with Gasteiger partial charge >= 0.3 is 5.97 Å². The Morgan fingerprint density at radius 3 is 1.89 bits per heavy atom. The second-order valence-corrected chi connectivity index (χ2v) is 13.8. The summed E-state index contributed by atoms with van der Waals surface area (Å²) in [6, 6.07) is -2.82. The molecular formula is C35H53N7O11. The van der Waals surface area contributed by atoms with Gasteiger partial charge in [0.15, 0.2) is 0 Å². The topological polar surface area (TPSA) is 281 Å². The maximum atomic E-state index is 13.9. The van der Waals surface area contributed by atoms with Gasteiger partial charge in [-0.05, 0) is 63.1 Å². The van der Waals surface area contributed by atoms with E-state index < -0.39 is 102 Å². The van der Waals surface area contributed by atoms with Gasteiger partial charge in [-0.25, -0.2) is 4.79 Å². The zero-order valence-corrected chi connectivity index (χ0v) is 30.5. The molecule has 2 fully saturated rings. The van der Waals surface area contributed by atoms with Crippen LogP contribution in [0.4, 0.5) is 0 Å². The highest BCUT2D eigenvalue weighted by Crippen LogP contribution is 2.22. The minimum Gasteiger partial charge on any atom is -0.508 e. The van der Waals surface area contributed by atoms with E-state index in [1.807, 2.05) is 0 Å². The Balaban J connectivity index is 1.84. The number of phenolic OH excluding ortho intramolecular Hbond substituents is 1. The molecule has 2 saturated heterocycles. The Labute approximate surface area is 307 Å². The number of hydrogen-bond acceptors (Lipinski definition) is 11. The molecule has 53 heavy (non-hydrogen) atoms. The van der Waals surface area contributed by atoms with Gasteiger partial charge < -0.3 is 57.2 Å². The molecule has 10 N–H and O–H groups in total. The van der Waals surface area contributed by atoms with Crippen LogP contribution in [0.2, 0.25) is 0 Å². The molecule has 0 radical (unpaired) electrons. The monoisotopic (exact) mass is 747 g/mol. The molecule has 6 amide bonds. The van der Waals surface area contributed by atoms with E-state index in [1.165, 1.54) is 47.9 Å². The smallest absolute Gasteiger partial charge is 0.326 e. The van der Waals surface area contributed by atoms with Gasteiger partial charge in [-0.3, -0.25) is 28.8 Å². The second-order valence-electron chi connectivity index (χ2n) is 13.8. The molecule has 1 aromatic rings. The number of aliphatic hydroxyl groups is 2. The number of aliphatic carboxylic acids is 1. The van der Waals surface area contributed by atoms with E-state index >= 15 is 0 Å². The summed E-state index contributed by atoms with van der Waals surface area (Å²) >= 11 is 0. The van der Waals surface area contributed by atoms with Crippen LogP contribution in [0.1, 0.15) is 65.4 Å². The first-order valence-corrected chi connectivity index (χ1v) is 17.9. The third-order valence-corrected chi connectivity index (χ3v) is 9.72. The molecule has 0 spiro atoms. The van der Waals surface area contributed by atoms with E-state index in [1.54, 1.807) is 13.8 Å². The normalized spacial score (nSPS) is 21.0. The molecule has 0 bridgehead atoms. The number of carboxylic acids is 1. The van der Waals surface area contributed by atoms with Gasteiger partial charge in [-0.15, -0.1) is 0 Å². The summed E-state index contributed by atoms with van der Waals surface area (Å²) in [7, 11) is 0. The Morgan fingerprint density at radius 1 is 0.792 bits per heavy atom. The van der Waals surface area contributed by atoms with Crippen LogP contribution in [0.25, 0.3) is 0 Å². The van der Waals surface area contributed by atoms with E-state index in [-0.39, 0.29) is 38.1 Å². The summed E-state index contributed by atoms with van der Waals surface area (Å²) in [6.45, 7) is 5.73. The minimum atomic E-state index is -1.61. The van der Waals surface area contributed by atoms with Crippen LogP contribution in [0.15, 0.2) is 24.3 Å². The van der Waals surface area contributed by atoms with E-state index in [4.69, 9.17) is 5.73 Å². The van der Waals surface area contributed by atoms with Crippen molar-refractivity contribution in [3.05, 3.63) is 29.8 Å². The lowest BCUT2D eigenvalue weighted by atomic mass is 9.96. The van der Waals surface area contributed by atoms with Gasteiger partial charge in [0.2, 0.25) is 35.4 Å². The van der Waals surface area contributed by atoms with Crippen LogP contribution in [-0.2, 0) is 40.0 Å². The average molecular weight is 748 g/mol. The Hall–Kier alpha value is -4.81. The third kappa shape index (κ3) is 11.1.